The van der Waals surface area contributed by atoms with Gasteiger partial charge in [-0.15, -0.1) is 0 Å². The summed E-state index contributed by atoms with van der Waals surface area (Å²) in [4.78, 5) is 0.826. The van der Waals surface area contributed by atoms with Crippen LogP contribution in [-0.2, 0) is 20.0 Å². The molecular formula is C15H16N4O4S4. The Kier molecular flexibility index (Phi) is 6.62. The highest BCUT2D eigenvalue weighted by Gasteiger charge is 2.09. The number of primary sulfonamides is 2. The van der Waals surface area contributed by atoms with Crippen LogP contribution >= 0.6 is 24.4 Å². The third-order valence-corrected chi connectivity index (χ3v) is 5.61. The van der Waals surface area contributed by atoms with Crippen molar-refractivity contribution in [2.45, 2.75) is 16.2 Å². The minimum Gasteiger partial charge on any atom is -0.350 e. The summed E-state index contributed by atoms with van der Waals surface area (Å²) in [7, 11) is -7.50. The van der Waals surface area contributed by atoms with E-state index in [-0.39, 0.29) is 16.2 Å². The van der Waals surface area contributed by atoms with E-state index in [9.17, 15) is 16.8 Å². The van der Waals surface area contributed by atoms with Crippen molar-refractivity contribution in [2.75, 3.05) is 10.6 Å². The van der Waals surface area contributed by atoms with Gasteiger partial charge in [0, 0.05) is 17.8 Å². The summed E-state index contributed by atoms with van der Waals surface area (Å²) in [5, 5.41) is 16.0. The van der Waals surface area contributed by atoms with Crippen LogP contribution in [0.15, 0.2) is 58.3 Å². The smallest absolute Gasteiger partial charge is 0.238 e. The second kappa shape index (κ2) is 8.37. The Morgan fingerprint density at radius 2 is 1.00 bits per heavy atom. The Balaban J connectivity index is 1.93. The van der Waals surface area contributed by atoms with Crippen LogP contribution in [0.5, 0.6) is 0 Å². The first kappa shape index (κ1) is 21.3. The summed E-state index contributed by atoms with van der Waals surface area (Å²) in [5.41, 5.74) is 1.18. The largest absolute Gasteiger partial charge is 0.350 e. The van der Waals surface area contributed by atoms with Crippen LogP contribution in [0, 0.1) is 0 Å². The zero-order chi connectivity index (χ0) is 20.2. The second-order valence-electron chi connectivity index (χ2n) is 5.41. The molecule has 0 aliphatic carbocycles. The molecule has 144 valence electrons. The van der Waals surface area contributed by atoms with Gasteiger partial charge in [0.15, 0.2) is 0 Å². The minimum absolute atomic E-state index is 0.000837. The van der Waals surface area contributed by atoms with Crippen LogP contribution < -0.4 is 20.9 Å². The summed E-state index contributed by atoms with van der Waals surface area (Å²) in [6.45, 7) is 0. The summed E-state index contributed by atoms with van der Waals surface area (Å²) in [6, 6.07) is 11.6. The maximum Gasteiger partial charge on any atom is 0.238 e. The van der Waals surface area contributed by atoms with E-state index < -0.39 is 20.0 Å². The monoisotopic (exact) mass is 444 g/mol. The Morgan fingerprint density at radius 3 is 1.26 bits per heavy atom. The number of benzene rings is 2. The number of hydrogen-bond donors (Lipinski definition) is 4. The van der Waals surface area contributed by atoms with E-state index in [0.717, 1.165) is 0 Å². The molecule has 0 radical (unpaired) electrons. The molecule has 0 saturated carbocycles. The maximum atomic E-state index is 11.2. The van der Waals surface area contributed by atoms with Gasteiger partial charge < -0.3 is 10.6 Å². The first-order chi connectivity index (χ1) is 12.4. The van der Waals surface area contributed by atoms with E-state index in [4.69, 9.17) is 34.7 Å². The highest BCUT2D eigenvalue weighted by Crippen LogP contribution is 2.15. The summed E-state index contributed by atoms with van der Waals surface area (Å²) in [6.07, 6.45) is 0.235. The lowest BCUT2D eigenvalue weighted by Crippen LogP contribution is -2.19. The van der Waals surface area contributed by atoms with Crippen LogP contribution in [0.2, 0.25) is 0 Å². The standard InChI is InChI=1S/C15H16N4O4S4/c16-26(20,21)12-5-1-10(2-6-12)18-14(24)9-15(25)19-11-3-7-13(8-4-11)27(17,22)23/h1-8H,9H2,(H,18,24)(H,19,25)(H2,16,20,21)(H2,17,22,23). The molecule has 0 bridgehead atoms. The number of hydrogen-bond acceptors (Lipinski definition) is 6. The molecule has 0 aromatic heterocycles. The molecule has 8 nitrogen and oxygen atoms in total. The maximum absolute atomic E-state index is 11.2. The molecule has 2 rings (SSSR count). The second-order valence-corrected chi connectivity index (χ2v) is 9.52. The number of rotatable bonds is 6. The van der Waals surface area contributed by atoms with Gasteiger partial charge in [0.05, 0.1) is 19.8 Å². The van der Waals surface area contributed by atoms with Crippen LogP contribution in [0.1, 0.15) is 6.42 Å². The molecule has 0 saturated heterocycles. The average molecular weight is 445 g/mol. The molecule has 6 N–H and O–H groups in total. The van der Waals surface area contributed by atoms with Crippen LogP contribution in [-0.4, -0.2) is 26.8 Å². The number of sulfonamides is 2. The van der Waals surface area contributed by atoms with Crippen molar-refractivity contribution in [3.05, 3.63) is 48.5 Å². The van der Waals surface area contributed by atoms with Crippen molar-refractivity contribution in [1.29, 1.82) is 0 Å². The van der Waals surface area contributed by atoms with Gasteiger partial charge in [-0.25, -0.2) is 27.1 Å². The molecule has 0 aliphatic heterocycles. The van der Waals surface area contributed by atoms with E-state index in [1.165, 1.54) is 48.5 Å². The van der Waals surface area contributed by atoms with Crippen molar-refractivity contribution in [3.63, 3.8) is 0 Å². The third-order valence-electron chi connectivity index (χ3n) is 3.25. The quantitative estimate of drug-likeness (QED) is 0.491. The Hall–Kier alpha value is -1.96. The van der Waals surface area contributed by atoms with Crippen molar-refractivity contribution >= 4 is 65.8 Å². The molecule has 12 heteroatoms. The van der Waals surface area contributed by atoms with Crippen LogP contribution in [0.3, 0.4) is 0 Å². The zero-order valence-corrected chi connectivity index (χ0v) is 17.0. The Bertz CT molecular complexity index is 976. The Labute approximate surface area is 168 Å². The van der Waals surface area contributed by atoms with Gasteiger partial charge in [-0.2, -0.15) is 0 Å². The highest BCUT2D eigenvalue weighted by atomic mass is 32.2. The molecule has 2 aromatic carbocycles. The Morgan fingerprint density at radius 1 is 0.704 bits per heavy atom. The van der Waals surface area contributed by atoms with Crippen molar-refractivity contribution < 1.29 is 16.8 Å². The lowest BCUT2D eigenvalue weighted by molar-refractivity contribution is 0.596. The van der Waals surface area contributed by atoms with Crippen molar-refractivity contribution in [2.24, 2.45) is 10.3 Å². The van der Waals surface area contributed by atoms with Gasteiger partial charge in [-0.05, 0) is 48.5 Å². The van der Waals surface area contributed by atoms with E-state index in [1.54, 1.807) is 0 Å². The van der Waals surface area contributed by atoms with Gasteiger partial charge in [0.25, 0.3) is 0 Å². The van der Waals surface area contributed by atoms with Gasteiger partial charge >= 0.3 is 0 Å². The van der Waals surface area contributed by atoms with Gasteiger partial charge in [-0.3, -0.25) is 0 Å². The zero-order valence-electron chi connectivity index (χ0n) is 13.7. The van der Waals surface area contributed by atoms with Gasteiger partial charge in [-0.1, -0.05) is 24.4 Å². The molecule has 0 unspecified atom stereocenters. The average Bonchev–Trinajstić information content (AvgIpc) is 2.53. The van der Waals surface area contributed by atoms with Crippen LogP contribution in [0.4, 0.5) is 11.4 Å². The summed E-state index contributed by atoms with van der Waals surface area (Å²) < 4.78 is 44.9. The summed E-state index contributed by atoms with van der Waals surface area (Å²) in [5.74, 6) is 0. The number of nitrogens with one attached hydrogen (secondary N) is 2. The molecule has 0 amide bonds. The molecule has 0 spiro atoms. The fourth-order valence-corrected chi connectivity index (χ4v) is 3.66. The van der Waals surface area contributed by atoms with E-state index in [2.05, 4.69) is 10.6 Å². The topological polar surface area (TPSA) is 144 Å². The molecular weight excluding hydrogens is 428 g/mol. The van der Waals surface area contributed by atoms with Gasteiger partial charge in [0.1, 0.15) is 0 Å². The molecule has 2 aromatic rings. The molecule has 27 heavy (non-hydrogen) atoms. The first-order valence-electron chi connectivity index (χ1n) is 7.30. The molecule has 0 fully saturated rings. The van der Waals surface area contributed by atoms with E-state index in [0.29, 0.717) is 21.4 Å². The minimum atomic E-state index is -3.75. The lowest BCUT2D eigenvalue weighted by atomic mass is 10.3. The fraction of sp³-hybridized carbons (Fsp3) is 0.0667. The number of nitrogens with two attached hydrogens (primary N) is 2. The first-order valence-corrected chi connectivity index (χ1v) is 11.2. The predicted octanol–water partition coefficient (Wildman–Crippen LogP) is 1.55. The lowest BCUT2D eigenvalue weighted by Gasteiger charge is -2.11. The van der Waals surface area contributed by atoms with Crippen LogP contribution in [0.25, 0.3) is 0 Å². The molecule has 0 heterocycles. The third kappa shape index (κ3) is 6.61. The normalized spacial score (nSPS) is 11.6. The molecule has 0 aliphatic rings. The highest BCUT2D eigenvalue weighted by molar-refractivity contribution is 7.89. The number of thiocarbonyl (C=S) groups is 2. The SMILES string of the molecule is NS(=O)(=O)c1ccc(NC(=S)CC(=S)Nc2ccc(S(N)(=O)=O)cc2)cc1. The van der Waals surface area contributed by atoms with E-state index >= 15 is 0 Å². The number of anilines is 2. The fourth-order valence-electron chi connectivity index (χ4n) is 2.01. The van der Waals surface area contributed by atoms with Crippen molar-refractivity contribution in [3.8, 4) is 0 Å². The van der Waals surface area contributed by atoms with E-state index in [1.807, 2.05) is 0 Å². The van der Waals surface area contributed by atoms with Crippen molar-refractivity contribution in [1.82, 2.24) is 0 Å². The summed E-state index contributed by atoms with van der Waals surface area (Å²) >= 11 is 10.5. The van der Waals surface area contributed by atoms with Gasteiger partial charge in [0.2, 0.25) is 20.0 Å². The molecule has 0 atom stereocenters. The predicted molar refractivity (Wildman–Crippen MR) is 113 cm³/mol.